The van der Waals surface area contributed by atoms with Crippen LogP contribution in [0.15, 0.2) is 66.9 Å². The number of nitrogens with one attached hydrogen (secondary N) is 2. The molecule has 2 aromatic carbocycles. The standard InChI is InChI=1S/C19H21N3/c1-15-18(14-21-22-15)13-20-19(17-10-6-3-7-11-17)12-16-8-4-2-5-9-16/h2-11,14,19-20H,12-13H2,1H3,(H,21,22)/t19-/m0/s1. The van der Waals surface area contributed by atoms with Crippen molar-refractivity contribution in [1.82, 2.24) is 15.5 Å². The first-order valence-corrected chi connectivity index (χ1v) is 7.64. The zero-order chi connectivity index (χ0) is 15.2. The zero-order valence-corrected chi connectivity index (χ0v) is 12.8. The van der Waals surface area contributed by atoms with Gasteiger partial charge in [0.05, 0.1) is 6.20 Å². The molecule has 0 amide bonds. The Morgan fingerprint density at radius 2 is 1.68 bits per heavy atom. The first-order valence-electron chi connectivity index (χ1n) is 7.64. The third-order valence-electron chi connectivity index (χ3n) is 3.96. The number of hydrogen-bond donors (Lipinski definition) is 2. The molecular weight excluding hydrogens is 270 g/mol. The van der Waals surface area contributed by atoms with Crippen LogP contribution in [0.2, 0.25) is 0 Å². The van der Waals surface area contributed by atoms with E-state index < -0.39 is 0 Å². The molecular formula is C19H21N3. The Kier molecular flexibility index (Phi) is 4.66. The van der Waals surface area contributed by atoms with E-state index in [1.165, 1.54) is 16.7 Å². The van der Waals surface area contributed by atoms with Gasteiger partial charge in [0.2, 0.25) is 0 Å². The van der Waals surface area contributed by atoms with E-state index in [1.54, 1.807) is 0 Å². The molecule has 112 valence electrons. The fourth-order valence-electron chi connectivity index (χ4n) is 2.63. The predicted molar refractivity (Wildman–Crippen MR) is 89.5 cm³/mol. The van der Waals surface area contributed by atoms with Crippen molar-refractivity contribution in [2.75, 3.05) is 0 Å². The van der Waals surface area contributed by atoms with Crippen molar-refractivity contribution < 1.29 is 0 Å². The Balaban J connectivity index is 1.76. The van der Waals surface area contributed by atoms with Crippen LogP contribution in [0.1, 0.15) is 28.4 Å². The summed E-state index contributed by atoms with van der Waals surface area (Å²) in [5.74, 6) is 0. The number of aromatic nitrogens is 2. The predicted octanol–water partition coefficient (Wildman–Crippen LogP) is 3.79. The quantitative estimate of drug-likeness (QED) is 0.725. The summed E-state index contributed by atoms with van der Waals surface area (Å²) in [5, 5.41) is 10.8. The van der Waals surface area contributed by atoms with Gasteiger partial charge in [0, 0.05) is 23.8 Å². The lowest BCUT2D eigenvalue weighted by Gasteiger charge is -2.19. The fraction of sp³-hybridized carbons (Fsp3) is 0.211. The summed E-state index contributed by atoms with van der Waals surface area (Å²) in [6, 6.07) is 21.5. The second-order valence-electron chi connectivity index (χ2n) is 5.55. The molecule has 0 aliphatic rings. The molecule has 0 saturated heterocycles. The maximum absolute atomic E-state index is 4.09. The first kappa shape index (κ1) is 14.5. The second kappa shape index (κ2) is 7.05. The molecule has 0 radical (unpaired) electrons. The lowest BCUT2D eigenvalue weighted by molar-refractivity contribution is 0.529. The topological polar surface area (TPSA) is 40.7 Å². The smallest absolute Gasteiger partial charge is 0.0535 e. The summed E-state index contributed by atoms with van der Waals surface area (Å²) in [6.45, 7) is 2.87. The number of benzene rings is 2. The van der Waals surface area contributed by atoms with E-state index in [2.05, 4.69) is 83.1 Å². The lowest BCUT2D eigenvalue weighted by Crippen LogP contribution is -2.23. The Labute approximate surface area is 131 Å². The van der Waals surface area contributed by atoms with Crippen LogP contribution in [-0.2, 0) is 13.0 Å². The molecule has 0 bridgehead atoms. The third kappa shape index (κ3) is 3.62. The normalized spacial score (nSPS) is 12.2. The minimum absolute atomic E-state index is 0.290. The van der Waals surface area contributed by atoms with Gasteiger partial charge in [-0.05, 0) is 24.5 Å². The van der Waals surface area contributed by atoms with E-state index in [-0.39, 0.29) is 6.04 Å². The number of aromatic amines is 1. The van der Waals surface area contributed by atoms with Gasteiger partial charge in [-0.1, -0.05) is 60.7 Å². The third-order valence-corrected chi connectivity index (χ3v) is 3.96. The highest BCUT2D eigenvalue weighted by atomic mass is 15.1. The Bertz CT molecular complexity index is 689. The molecule has 3 rings (SSSR count). The summed E-state index contributed by atoms with van der Waals surface area (Å²) in [5.41, 5.74) is 4.99. The largest absolute Gasteiger partial charge is 0.305 e. The van der Waals surface area contributed by atoms with Crippen molar-refractivity contribution in [2.45, 2.75) is 25.9 Å². The average molecular weight is 291 g/mol. The molecule has 3 heteroatoms. The number of nitrogens with zero attached hydrogens (tertiary/aromatic N) is 1. The summed E-state index contributed by atoms with van der Waals surface area (Å²) < 4.78 is 0. The molecule has 0 unspecified atom stereocenters. The van der Waals surface area contributed by atoms with Crippen molar-refractivity contribution in [1.29, 1.82) is 0 Å². The molecule has 22 heavy (non-hydrogen) atoms. The highest BCUT2D eigenvalue weighted by molar-refractivity contribution is 5.24. The van der Waals surface area contributed by atoms with Gasteiger partial charge in [0.1, 0.15) is 0 Å². The van der Waals surface area contributed by atoms with Crippen molar-refractivity contribution in [3.8, 4) is 0 Å². The van der Waals surface area contributed by atoms with Crippen LogP contribution in [0.3, 0.4) is 0 Å². The van der Waals surface area contributed by atoms with Gasteiger partial charge >= 0.3 is 0 Å². The maximum Gasteiger partial charge on any atom is 0.0535 e. The van der Waals surface area contributed by atoms with Crippen LogP contribution in [0, 0.1) is 6.92 Å². The minimum Gasteiger partial charge on any atom is -0.305 e. The number of aryl methyl sites for hydroxylation is 1. The van der Waals surface area contributed by atoms with Gasteiger partial charge in [-0.3, -0.25) is 5.10 Å². The van der Waals surface area contributed by atoms with Crippen LogP contribution in [0.25, 0.3) is 0 Å². The van der Waals surface area contributed by atoms with Gasteiger partial charge in [-0.15, -0.1) is 0 Å². The summed E-state index contributed by atoms with van der Waals surface area (Å²) in [6.07, 6.45) is 2.87. The van der Waals surface area contributed by atoms with Gasteiger partial charge in [0.15, 0.2) is 0 Å². The van der Waals surface area contributed by atoms with Gasteiger partial charge in [-0.2, -0.15) is 5.10 Å². The maximum atomic E-state index is 4.09. The first-order chi connectivity index (χ1) is 10.8. The molecule has 1 atom stereocenters. The van der Waals surface area contributed by atoms with Crippen LogP contribution in [-0.4, -0.2) is 10.2 Å². The molecule has 0 spiro atoms. The van der Waals surface area contributed by atoms with Gasteiger partial charge in [0.25, 0.3) is 0 Å². The molecule has 1 aromatic heterocycles. The van der Waals surface area contributed by atoms with Crippen molar-refractivity contribution in [2.24, 2.45) is 0 Å². The lowest BCUT2D eigenvalue weighted by atomic mass is 9.98. The molecule has 0 aliphatic carbocycles. The van der Waals surface area contributed by atoms with Gasteiger partial charge < -0.3 is 5.32 Å². The summed E-state index contributed by atoms with van der Waals surface area (Å²) in [7, 11) is 0. The minimum atomic E-state index is 0.290. The molecule has 3 nitrogen and oxygen atoms in total. The highest BCUT2D eigenvalue weighted by Gasteiger charge is 2.12. The number of H-pyrrole nitrogens is 1. The van der Waals surface area contributed by atoms with E-state index in [1.807, 2.05) is 6.20 Å². The monoisotopic (exact) mass is 291 g/mol. The molecule has 0 aliphatic heterocycles. The van der Waals surface area contributed by atoms with E-state index in [0.717, 1.165) is 18.7 Å². The molecule has 2 N–H and O–H groups in total. The van der Waals surface area contributed by atoms with Crippen LogP contribution < -0.4 is 5.32 Å². The van der Waals surface area contributed by atoms with E-state index in [4.69, 9.17) is 0 Å². The molecule has 1 heterocycles. The fourth-order valence-corrected chi connectivity index (χ4v) is 2.63. The SMILES string of the molecule is Cc1[nH]ncc1CN[C@@H](Cc1ccccc1)c1ccccc1. The zero-order valence-electron chi connectivity index (χ0n) is 12.8. The van der Waals surface area contributed by atoms with E-state index >= 15 is 0 Å². The number of rotatable bonds is 6. The Morgan fingerprint density at radius 1 is 1.00 bits per heavy atom. The summed E-state index contributed by atoms with van der Waals surface area (Å²) in [4.78, 5) is 0. The van der Waals surface area contributed by atoms with Crippen molar-refractivity contribution >= 4 is 0 Å². The van der Waals surface area contributed by atoms with Crippen LogP contribution >= 0.6 is 0 Å². The molecule has 0 saturated carbocycles. The average Bonchev–Trinajstić information content (AvgIpc) is 2.98. The highest BCUT2D eigenvalue weighted by Crippen LogP contribution is 2.19. The van der Waals surface area contributed by atoms with E-state index in [0.29, 0.717) is 0 Å². The number of hydrogen-bond acceptors (Lipinski definition) is 2. The van der Waals surface area contributed by atoms with Crippen molar-refractivity contribution in [3.63, 3.8) is 0 Å². The van der Waals surface area contributed by atoms with Crippen LogP contribution in [0.4, 0.5) is 0 Å². The van der Waals surface area contributed by atoms with Gasteiger partial charge in [-0.25, -0.2) is 0 Å². The second-order valence-corrected chi connectivity index (χ2v) is 5.55. The molecule has 3 aromatic rings. The molecule has 0 fully saturated rings. The van der Waals surface area contributed by atoms with Crippen molar-refractivity contribution in [3.05, 3.63) is 89.2 Å². The summed E-state index contributed by atoms with van der Waals surface area (Å²) >= 11 is 0. The Morgan fingerprint density at radius 3 is 2.32 bits per heavy atom. The van der Waals surface area contributed by atoms with E-state index in [9.17, 15) is 0 Å². The Hall–Kier alpha value is -2.39. The van der Waals surface area contributed by atoms with Crippen LogP contribution in [0.5, 0.6) is 0 Å².